The molecule has 0 N–H and O–H groups in total. The molecule has 0 aromatic heterocycles. The fraction of sp³-hybridized carbons (Fsp3) is 0.227. The maximum Gasteiger partial charge on any atom is 0.345 e. The maximum absolute atomic E-state index is 13.1. The van der Waals surface area contributed by atoms with Crippen molar-refractivity contribution in [3.63, 3.8) is 0 Å². The summed E-state index contributed by atoms with van der Waals surface area (Å²) in [6.07, 6.45) is 4.84. The minimum absolute atomic E-state index is 0.0701. The number of rotatable bonds is 4. The van der Waals surface area contributed by atoms with Gasteiger partial charge in [0.1, 0.15) is 5.75 Å². The second-order valence-electron chi connectivity index (χ2n) is 7.67. The fourth-order valence-corrected chi connectivity index (χ4v) is 4.78. The summed E-state index contributed by atoms with van der Waals surface area (Å²) in [5.41, 5.74) is 0.157. The molecule has 2 aromatic carbocycles. The number of esters is 1. The lowest BCUT2D eigenvalue weighted by atomic mass is 9.85. The van der Waals surface area contributed by atoms with Gasteiger partial charge in [-0.25, -0.2) is 9.69 Å². The molecule has 2 fully saturated rings. The lowest BCUT2D eigenvalue weighted by molar-refractivity contribution is -0.384. The summed E-state index contributed by atoms with van der Waals surface area (Å²) < 4.78 is 5.33. The van der Waals surface area contributed by atoms with E-state index in [1.54, 1.807) is 18.2 Å². The van der Waals surface area contributed by atoms with Crippen LogP contribution in [-0.4, -0.2) is 22.7 Å². The van der Waals surface area contributed by atoms with Crippen LogP contribution in [0.25, 0.3) is 0 Å². The number of nitro benzene ring substituents is 1. The SMILES string of the molecule is O=C(Oc1ccc([N+](=O)[O-])cc1)c1ccccc1N1C(=O)C2C3C=CC(C3)C2C1=O. The standard InChI is InChI=1S/C22H16N2O6/c25-20-18-12-5-6-13(11-12)19(18)21(26)23(20)17-4-2-1-3-16(17)22(27)30-15-9-7-14(8-10-15)24(28)29/h1-10,12-13,18-19H,11H2. The summed E-state index contributed by atoms with van der Waals surface area (Å²) >= 11 is 0. The summed E-state index contributed by atoms with van der Waals surface area (Å²) in [4.78, 5) is 50.3. The minimum atomic E-state index is -0.752. The van der Waals surface area contributed by atoms with Crippen LogP contribution in [0, 0.1) is 33.8 Å². The number of hydrogen-bond acceptors (Lipinski definition) is 6. The quantitative estimate of drug-likeness (QED) is 0.194. The molecule has 1 aliphatic heterocycles. The summed E-state index contributed by atoms with van der Waals surface area (Å²) in [7, 11) is 0. The number of imide groups is 1. The van der Waals surface area contributed by atoms with Crippen LogP contribution in [0.5, 0.6) is 5.75 Å². The predicted molar refractivity (Wildman–Crippen MR) is 105 cm³/mol. The maximum atomic E-state index is 13.1. The van der Waals surface area contributed by atoms with Crippen molar-refractivity contribution in [3.8, 4) is 5.75 Å². The molecule has 3 aliphatic rings. The first-order valence-corrected chi connectivity index (χ1v) is 9.57. The Hall–Kier alpha value is -3.81. The summed E-state index contributed by atoms with van der Waals surface area (Å²) in [5, 5.41) is 10.8. The third-order valence-corrected chi connectivity index (χ3v) is 6.09. The molecule has 2 bridgehead atoms. The zero-order chi connectivity index (χ0) is 21.0. The van der Waals surface area contributed by atoms with Gasteiger partial charge >= 0.3 is 5.97 Å². The Labute approximate surface area is 170 Å². The Bertz CT molecular complexity index is 1090. The van der Waals surface area contributed by atoms with Crippen LogP contribution in [0.2, 0.25) is 0 Å². The molecular weight excluding hydrogens is 388 g/mol. The number of benzene rings is 2. The van der Waals surface area contributed by atoms with E-state index in [4.69, 9.17) is 4.74 Å². The topological polar surface area (TPSA) is 107 Å². The molecule has 4 unspecified atom stereocenters. The fourth-order valence-electron chi connectivity index (χ4n) is 4.78. The van der Waals surface area contributed by atoms with Crippen LogP contribution in [0.15, 0.2) is 60.7 Å². The number of nitrogens with zero attached hydrogens (tertiary/aromatic N) is 2. The van der Waals surface area contributed by atoms with Gasteiger partial charge in [-0.3, -0.25) is 19.7 Å². The molecule has 2 amide bonds. The van der Waals surface area contributed by atoms with E-state index in [2.05, 4.69) is 0 Å². The Morgan fingerprint density at radius 2 is 1.57 bits per heavy atom. The molecule has 5 rings (SSSR count). The Kier molecular flexibility index (Phi) is 4.02. The monoisotopic (exact) mass is 404 g/mol. The zero-order valence-electron chi connectivity index (χ0n) is 15.6. The van der Waals surface area contributed by atoms with E-state index in [0.717, 1.165) is 11.3 Å². The molecule has 8 nitrogen and oxygen atoms in total. The number of carbonyl (C=O) groups excluding carboxylic acids is 3. The van der Waals surface area contributed by atoms with E-state index < -0.39 is 10.9 Å². The largest absolute Gasteiger partial charge is 0.423 e. The normalized spacial score (nSPS) is 26.2. The van der Waals surface area contributed by atoms with Crippen molar-refractivity contribution >= 4 is 29.2 Å². The van der Waals surface area contributed by atoms with E-state index in [-0.39, 0.29) is 58.2 Å². The molecule has 2 aromatic rings. The number of para-hydroxylation sites is 1. The first-order valence-electron chi connectivity index (χ1n) is 9.57. The highest BCUT2D eigenvalue weighted by atomic mass is 16.6. The number of nitro groups is 1. The molecule has 1 saturated carbocycles. The van der Waals surface area contributed by atoms with Crippen molar-refractivity contribution in [2.75, 3.05) is 4.90 Å². The number of ether oxygens (including phenoxy) is 1. The zero-order valence-corrected chi connectivity index (χ0v) is 15.6. The van der Waals surface area contributed by atoms with Crippen LogP contribution in [0.4, 0.5) is 11.4 Å². The molecule has 0 radical (unpaired) electrons. The number of fused-ring (bicyclic) bond motifs is 5. The van der Waals surface area contributed by atoms with Crippen molar-refractivity contribution in [1.29, 1.82) is 0 Å². The first-order chi connectivity index (χ1) is 14.5. The van der Waals surface area contributed by atoms with Crippen LogP contribution < -0.4 is 9.64 Å². The molecular formula is C22H16N2O6. The number of allylic oxidation sites excluding steroid dienone is 2. The highest BCUT2D eigenvalue weighted by Gasteiger charge is 2.59. The van der Waals surface area contributed by atoms with Crippen molar-refractivity contribution < 1.29 is 24.0 Å². The van der Waals surface area contributed by atoms with Gasteiger partial charge in [0.15, 0.2) is 0 Å². The molecule has 8 heteroatoms. The van der Waals surface area contributed by atoms with Crippen LogP contribution >= 0.6 is 0 Å². The van der Waals surface area contributed by atoms with Crippen LogP contribution in [-0.2, 0) is 9.59 Å². The van der Waals surface area contributed by atoms with Crippen molar-refractivity contribution in [2.45, 2.75) is 6.42 Å². The van der Waals surface area contributed by atoms with Crippen molar-refractivity contribution in [1.82, 2.24) is 0 Å². The lowest BCUT2D eigenvalue weighted by Crippen LogP contribution is -2.34. The van der Waals surface area contributed by atoms with Crippen LogP contribution in [0.1, 0.15) is 16.8 Å². The first kappa shape index (κ1) is 18.2. The van der Waals surface area contributed by atoms with Gasteiger partial charge in [0.25, 0.3) is 5.69 Å². The molecule has 30 heavy (non-hydrogen) atoms. The second kappa shape index (κ2) is 6.62. The van der Waals surface area contributed by atoms with Gasteiger partial charge in [0.2, 0.25) is 11.8 Å². The van der Waals surface area contributed by atoms with E-state index >= 15 is 0 Å². The molecule has 1 saturated heterocycles. The molecule has 4 atom stereocenters. The van der Waals surface area contributed by atoms with Gasteiger partial charge in [0.05, 0.1) is 28.0 Å². The van der Waals surface area contributed by atoms with Crippen molar-refractivity contribution in [2.24, 2.45) is 23.7 Å². The van der Waals surface area contributed by atoms with Gasteiger partial charge in [-0.05, 0) is 42.5 Å². The van der Waals surface area contributed by atoms with Gasteiger partial charge in [-0.1, -0.05) is 24.3 Å². The van der Waals surface area contributed by atoms with Crippen LogP contribution in [0.3, 0.4) is 0 Å². The highest BCUT2D eigenvalue weighted by molar-refractivity contribution is 6.24. The minimum Gasteiger partial charge on any atom is -0.423 e. The second-order valence-corrected chi connectivity index (χ2v) is 7.67. The third-order valence-electron chi connectivity index (χ3n) is 6.09. The van der Waals surface area contributed by atoms with Gasteiger partial charge in [-0.2, -0.15) is 0 Å². The molecule has 1 heterocycles. The lowest BCUT2D eigenvalue weighted by Gasteiger charge is -2.19. The molecule has 0 spiro atoms. The summed E-state index contributed by atoms with van der Waals surface area (Å²) in [6, 6.07) is 11.4. The third kappa shape index (κ3) is 2.64. The smallest absolute Gasteiger partial charge is 0.345 e. The van der Waals surface area contributed by atoms with E-state index in [9.17, 15) is 24.5 Å². The Morgan fingerprint density at radius 3 is 2.17 bits per heavy atom. The van der Waals surface area contributed by atoms with E-state index in [1.807, 2.05) is 12.2 Å². The number of carbonyl (C=O) groups is 3. The average molecular weight is 404 g/mol. The van der Waals surface area contributed by atoms with E-state index in [1.165, 1.54) is 30.3 Å². The van der Waals surface area contributed by atoms with Gasteiger partial charge in [0, 0.05) is 12.1 Å². The number of anilines is 1. The Morgan fingerprint density at radius 1 is 0.967 bits per heavy atom. The van der Waals surface area contributed by atoms with Gasteiger partial charge < -0.3 is 4.74 Å². The number of non-ortho nitro benzene ring substituents is 1. The summed E-state index contributed by atoms with van der Waals surface area (Å²) in [5.74, 6) is -1.79. The Balaban J connectivity index is 1.43. The number of amides is 2. The average Bonchev–Trinajstić information content (AvgIpc) is 3.42. The molecule has 2 aliphatic carbocycles. The highest BCUT2D eigenvalue weighted by Crippen LogP contribution is 2.53. The van der Waals surface area contributed by atoms with Crippen molar-refractivity contribution in [3.05, 3.63) is 76.4 Å². The summed E-state index contributed by atoms with van der Waals surface area (Å²) in [6.45, 7) is 0. The molecule has 150 valence electrons. The van der Waals surface area contributed by atoms with Gasteiger partial charge in [-0.15, -0.1) is 0 Å². The number of hydrogen-bond donors (Lipinski definition) is 0. The van der Waals surface area contributed by atoms with E-state index in [0.29, 0.717) is 0 Å². The predicted octanol–water partition coefficient (Wildman–Crippen LogP) is 3.13.